The lowest BCUT2D eigenvalue weighted by Gasteiger charge is -2.13. The first-order valence-corrected chi connectivity index (χ1v) is 16.4. The summed E-state index contributed by atoms with van der Waals surface area (Å²) < 4.78 is 0. The van der Waals surface area contributed by atoms with Crippen molar-refractivity contribution >= 4 is 76.4 Å². The summed E-state index contributed by atoms with van der Waals surface area (Å²) >= 11 is 0. The predicted octanol–water partition coefficient (Wildman–Crippen LogP) is 9.31. The number of carbonyl (C=O) groups is 2. The van der Waals surface area contributed by atoms with E-state index in [0.717, 1.165) is 37.1 Å². The van der Waals surface area contributed by atoms with Gasteiger partial charge in [-0.15, -0.1) is 0 Å². The zero-order chi connectivity index (χ0) is 31.6. The van der Waals surface area contributed by atoms with Gasteiger partial charge in [-0.3, -0.25) is 9.59 Å². The van der Waals surface area contributed by atoms with Crippen LogP contribution in [0.2, 0.25) is 0 Å². The molecule has 8 rings (SSSR count). The fourth-order valence-corrected chi connectivity index (χ4v) is 6.90. The summed E-state index contributed by atoms with van der Waals surface area (Å²) in [6.07, 6.45) is 2.80. The second-order valence-electron chi connectivity index (χ2n) is 12.2. The molecule has 4 heteroatoms. The lowest BCUT2D eigenvalue weighted by Crippen LogP contribution is -2.25. The molecule has 0 spiro atoms. The molecule has 0 aliphatic carbocycles. The van der Waals surface area contributed by atoms with Crippen molar-refractivity contribution in [3.05, 3.63) is 120 Å². The van der Waals surface area contributed by atoms with E-state index in [1.54, 1.807) is 0 Å². The molecule has 0 aliphatic rings. The zero-order valence-corrected chi connectivity index (χ0v) is 26.5. The molecule has 228 valence electrons. The third-order valence-electron chi connectivity index (χ3n) is 9.08. The van der Waals surface area contributed by atoms with Gasteiger partial charge in [0.2, 0.25) is 11.8 Å². The monoisotopic (exact) mass is 602 g/mol. The van der Waals surface area contributed by atoms with E-state index in [9.17, 15) is 9.59 Å². The van der Waals surface area contributed by atoms with Gasteiger partial charge in [-0.1, -0.05) is 123 Å². The number of nitrogens with one attached hydrogen (secondary N) is 2. The number of hydrogen-bond acceptors (Lipinski definition) is 2. The molecular weight excluding hydrogens is 564 g/mol. The van der Waals surface area contributed by atoms with Gasteiger partial charge in [0.25, 0.3) is 0 Å². The fraction of sp³-hybridized carbons (Fsp3) is 0.190. The average molecular weight is 603 g/mol. The first-order valence-electron chi connectivity index (χ1n) is 16.4. The highest BCUT2D eigenvalue weighted by molar-refractivity contribution is 6.24. The van der Waals surface area contributed by atoms with E-state index in [0.29, 0.717) is 12.8 Å². The zero-order valence-electron chi connectivity index (χ0n) is 26.5. The molecular formula is C42H38N2O2. The first-order chi connectivity index (χ1) is 22.6. The molecule has 0 radical (unpaired) electrons. The Balaban J connectivity index is 0.000000147. The lowest BCUT2D eigenvalue weighted by atomic mass is 9.91. The van der Waals surface area contributed by atoms with E-state index in [1.165, 1.54) is 64.6 Å². The Bertz CT molecular complexity index is 2140. The van der Waals surface area contributed by atoms with E-state index in [4.69, 9.17) is 0 Å². The maximum atomic E-state index is 12.1. The molecule has 0 saturated heterocycles. The summed E-state index contributed by atoms with van der Waals surface area (Å²) in [6.45, 7) is 5.61. The van der Waals surface area contributed by atoms with Gasteiger partial charge in [0.15, 0.2) is 0 Å². The van der Waals surface area contributed by atoms with Crippen LogP contribution < -0.4 is 10.6 Å². The van der Waals surface area contributed by atoms with Crippen molar-refractivity contribution in [3.63, 3.8) is 0 Å². The van der Waals surface area contributed by atoms with E-state index in [-0.39, 0.29) is 11.8 Å². The van der Waals surface area contributed by atoms with E-state index < -0.39 is 0 Å². The average Bonchev–Trinajstić information content (AvgIpc) is 3.09. The number of rotatable bonds is 8. The van der Waals surface area contributed by atoms with Crippen LogP contribution in [0.1, 0.15) is 37.8 Å². The van der Waals surface area contributed by atoms with Crippen LogP contribution >= 0.6 is 0 Å². The van der Waals surface area contributed by atoms with Crippen LogP contribution in [-0.4, -0.2) is 24.9 Å². The summed E-state index contributed by atoms with van der Waals surface area (Å²) in [5.41, 5.74) is 2.20. The molecule has 0 heterocycles. The molecule has 2 N–H and O–H groups in total. The SMILES string of the molecule is CCCNC(=O)Cc1ccc2ccc3cccc4ccc1c2c34.CCCNC(=O)Cc1ccc2ccc3cccc4ccc1c2c34. The Hall–Kier alpha value is -5.22. The van der Waals surface area contributed by atoms with Gasteiger partial charge in [-0.25, -0.2) is 0 Å². The summed E-state index contributed by atoms with van der Waals surface area (Å²) in [5, 5.41) is 21.0. The molecule has 0 aliphatic heterocycles. The van der Waals surface area contributed by atoms with Crippen LogP contribution in [0, 0.1) is 0 Å². The minimum atomic E-state index is 0.0990. The van der Waals surface area contributed by atoms with Gasteiger partial charge < -0.3 is 10.6 Å². The van der Waals surface area contributed by atoms with Gasteiger partial charge in [0.1, 0.15) is 0 Å². The molecule has 0 atom stereocenters. The smallest absolute Gasteiger partial charge is 0.224 e. The van der Waals surface area contributed by atoms with Crippen molar-refractivity contribution < 1.29 is 9.59 Å². The van der Waals surface area contributed by atoms with Crippen LogP contribution in [-0.2, 0) is 22.4 Å². The van der Waals surface area contributed by atoms with Gasteiger partial charge >= 0.3 is 0 Å². The summed E-state index contributed by atoms with van der Waals surface area (Å²) in [5.74, 6) is 0.198. The first kappa shape index (κ1) is 29.5. The third kappa shape index (κ3) is 5.45. The van der Waals surface area contributed by atoms with Crippen molar-refractivity contribution in [1.82, 2.24) is 10.6 Å². The van der Waals surface area contributed by atoms with E-state index in [2.05, 4.69) is 134 Å². The summed E-state index contributed by atoms with van der Waals surface area (Å²) in [4.78, 5) is 24.2. The Morgan fingerprint density at radius 1 is 0.435 bits per heavy atom. The maximum Gasteiger partial charge on any atom is 0.224 e. The van der Waals surface area contributed by atoms with E-state index >= 15 is 0 Å². The molecule has 0 fully saturated rings. The van der Waals surface area contributed by atoms with E-state index in [1.807, 2.05) is 0 Å². The van der Waals surface area contributed by atoms with Crippen LogP contribution in [0.4, 0.5) is 0 Å². The van der Waals surface area contributed by atoms with Crippen molar-refractivity contribution in [3.8, 4) is 0 Å². The van der Waals surface area contributed by atoms with Crippen LogP contribution in [0.25, 0.3) is 64.6 Å². The Morgan fingerprint density at radius 3 is 1.13 bits per heavy atom. The van der Waals surface area contributed by atoms with Gasteiger partial charge in [-0.2, -0.15) is 0 Å². The molecule has 8 aromatic carbocycles. The number of benzene rings is 8. The molecule has 4 nitrogen and oxygen atoms in total. The Morgan fingerprint density at radius 2 is 0.761 bits per heavy atom. The largest absolute Gasteiger partial charge is 0.356 e. The molecule has 0 aromatic heterocycles. The quantitative estimate of drug-likeness (QED) is 0.170. The topological polar surface area (TPSA) is 58.2 Å². The van der Waals surface area contributed by atoms with Crippen molar-refractivity contribution in [1.29, 1.82) is 0 Å². The molecule has 2 amide bonds. The molecule has 8 aromatic rings. The second-order valence-corrected chi connectivity index (χ2v) is 12.2. The normalized spacial score (nSPS) is 11.5. The molecule has 0 saturated carbocycles. The van der Waals surface area contributed by atoms with Crippen molar-refractivity contribution in [2.75, 3.05) is 13.1 Å². The second kappa shape index (κ2) is 12.6. The van der Waals surface area contributed by atoms with Crippen LogP contribution in [0.15, 0.2) is 109 Å². The Labute approximate surface area is 269 Å². The standard InChI is InChI=1S/2C21H19NO/c2*1-2-12-22-19(23)13-17-9-8-16-7-6-14-4-3-5-15-10-11-18(17)21(16)20(14)15/h2*3-11H,2,12-13H2,1H3,(H,22,23). The van der Waals surface area contributed by atoms with Crippen LogP contribution in [0.3, 0.4) is 0 Å². The minimum Gasteiger partial charge on any atom is -0.356 e. The lowest BCUT2D eigenvalue weighted by molar-refractivity contribution is -0.121. The summed E-state index contributed by atoms with van der Waals surface area (Å²) in [7, 11) is 0. The van der Waals surface area contributed by atoms with Gasteiger partial charge in [-0.05, 0) is 88.6 Å². The Kier molecular flexibility index (Phi) is 8.11. The number of amides is 2. The third-order valence-corrected chi connectivity index (χ3v) is 9.08. The van der Waals surface area contributed by atoms with Gasteiger partial charge in [0, 0.05) is 13.1 Å². The highest BCUT2D eigenvalue weighted by Gasteiger charge is 2.14. The fourth-order valence-electron chi connectivity index (χ4n) is 6.90. The number of hydrogen-bond donors (Lipinski definition) is 2. The number of carbonyl (C=O) groups excluding carboxylic acids is 2. The maximum absolute atomic E-state index is 12.1. The van der Waals surface area contributed by atoms with Crippen molar-refractivity contribution in [2.24, 2.45) is 0 Å². The van der Waals surface area contributed by atoms with Crippen molar-refractivity contribution in [2.45, 2.75) is 39.5 Å². The predicted molar refractivity (Wildman–Crippen MR) is 194 cm³/mol. The molecule has 0 unspecified atom stereocenters. The van der Waals surface area contributed by atoms with Gasteiger partial charge in [0.05, 0.1) is 12.8 Å². The highest BCUT2D eigenvalue weighted by Crippen LogP contribution is 2.37. The molecule has 0 bridgehead atoms. The van der Waals surface area contributed by atoms with Crippen LogP contribution in [0.5, 0.6) is 0 Å². The summed E-state index contributed by atoms with van der Waals surface area (Å²) in [6, 6.07) is 38.6. The molecule has 46 heavy (non-hydrogen) atoms. The highest BCUT2D eigenvalue weighted by atomic mass is 16.2. The minimum absolute atomic E-state index is 0.0990.